The minimum atomic E-state index is -5.17. The Morgan fingerprint density at radius 1 is 1.15 bits per heavy atom. The van der Waals surface area contributed by atoms with Crippen LogP contribution in [0.1, 0.15) is 56.0 Å². The van der Waals surface area contributed by atoms with Gasteiger partial charge < -0.3 is 24.4 Å². The third-order valence-corrected chi connectivity index (χ3v) is 6.02. The Balaban J connectivity index is 2.24. The molecule has 0 spiro atoms. The molecule has 7 nitrogen and oxygen atoms in total. The number of anilines is 1. The van der Waals surface area contributed by atoms with Crippen molar-refractivity contribution in [3.05, 3.63) is 23.3 Å². The van der Waals surface area contributed by atoms with E-state index in [1.807, 2.05) is 7.05 Å². The second-order valence-corrected chi connectivity index (χ2v) is 9.70. The first-order chi connectivity index (χ1) is 15.3. The summed E-state index contributed by atoms with van der Waals surface area (Å²) in [5.74, 6) is -3.19. The molecular formula is C23H31F3N2O5. The van der Waals surface area contributed by atoms with Gasteiger partial charge >= 0.3 is 18.1 Å². The highest BCUT2D eigenvalue weighted by Crippen LogP contribution is 2.45. The van der Waals surface area contributed by atoms with Gasteiger partial charge in [-0.25, -0.2) is 4.79 Å². The van der Waals surface area contributed by atoms with Crippen LogP contribution in [-0.4, -0.2) is 73.6 Å². The number of aromatic carboxylic acids is 1. The summed E-state index contributed by atoms with van der Waals surface area (Å²) in [6.07, 6.45) is -4.28. The number of hydrogen-bond donors (Lipinski definition) is 1. The molecule has 1 N–H and O–H groups in total. The Morgan fingerprint density at radius 2 is 1.79 bits per heavy atom. The highest BCUT2D eigenvalue weighted by Gasteiger charge is 2.48. The standard InChI is InChI=1S/C23H31F3N2O5/c1-22(2,3)18-17(33-15-7-10-27(4)13-15)6-5-16(20(29)30)19(18)28(21(31)23(24,25)26)14-8-11-32-12-9-14/h5-6,14-15H,7-13H2,1-4H3,(H,29,30)/t15-/m0/s1. The van der Waals surface area contributed by atoms with Crippen LogP contribution >= 0.6 is 0 Å². The number of likely N-dealkylation sites (tertiary alicyclic amines) is 1. The Hall–Kier alpha value is -2.33. The van der Waals surface area contributed by atoms with Crippen molar-refractivity contribution in [2.45, 2.75) is 63.8 Å². The summed E-state index contributed by atoms with van der Waals surface area (Å²) in [5.41, 5.74) is -1.13. The molecule has 2 aliphatic rings. The Kier molecular flexibility index (Phi) is 7.28. The van der Waals surface area contributed by atoms with Gasteiger partial charge in [0.1, 0.15) is 11.9 Å². The van der Waals surface area contributed by atoms with Gasteiger partial charge in [-0.1, -0.05) is 20.8 Å². The first-order valence-corrected chi connectivity index (χ1v) is 11.0. The van der Waals surface area contributed by atoms with E-state index in [4.69, 9.17) is 9.47 Å². The molecule has 0 unspecified atom stereocenters. The number of carboxylic acid groups (broad SMARTS) is 1. The zero-order valence-electron chi connectivity index (χ0n) is 19.4. The van der Waals surface area contributed by atoms with Crippen molar-refractivity contribution in [1.82, 2.24) is 4.90 Å². The van der Waals surface area contributed by atoms with Crippen LogP contribution in [0.15, 0.2) is 12.1 Å². The van der Waals surface area contributed by atoms with Gasteiger partial charge in [0.15, 0.2) is 0 Å². The van der Waals surface area contributed by atoms with Gasteiger partial charge in [0.05, 0.1) is 11.3 Å². The molecule has 1 amide bonds. The van der Waals surface area contributed by atoms with Crippen LogP contribution in [0.3, 0.4) is 0 Å². The molecule has 2 aliphatic heterocycles. The smallest absolute Gasteiger partial charge is 0.471 e. The Morgan fingerprint density at radius 3 is 2.27 bits per heavy atom. The van der Waals surface area contributed by atoms with E-state index in [1.54, 1.807) is 20.8 Å². The summed E-state index contributed by atoms with van der Waals surface area (Å²) >= 11 is 0. The Labute approximate surface area is 191 Å². The monoisotopic (exact) mass is 472 g/mol. The fourth-order valence-electron chi connectivity index (χ4n) is 4.52. The van der Waals surface area contributed by atoms with Gasteiger partial charge in [-0.05, 0) is 43.9 Å². The maximum atomic E-state index is 13.8. The molecule has 2 heterocycles. The maximum absolute atomic E-state index is 13.8. The number of carbonyl (C=O) groups excluding carboxylic acids is 1. The van der Waals surface area contributed by atoms with Gasteiger partial charge in [-0.3, -0.25) is 4.79 Å². The molecule has 1 atom stereocenters. The zero-order chi connectivity index (χ0) is 24.6. The SMILES string of the molecule is CN1CC[C@H](Oc2ccc(C(=O)O)c(N(C(=O)C(F)(F)F)C3CCOCC3)c2C(C)(C)C)C1. The molecular weight excluding hydrogens is 441 g/mol. The van der Waals surface area contributed by atoms with Gasteiger partial charge in [-0.15, -0.1) is 0 Å². The normalized spacial score (nSPS) is 20.6. The van der Waals surface area contributed by atoms with Crippen LogP contribution in [0, 0.1) is 0 Å². The van der Waals surface area contributed by atoms with E-state index < -0.39 is 29.5 Å². The third-order valence-electron chi connectivity index (χ3n) is 6.02. The van der Waals surface area contributed by atoms with Gasteiger partial charge in [0, 0.05) is 37.9 Å². The fraction of sp³-hybridized carbons (Fsp3) is 0.652. The largest absolute Gasteiger partial charge is 0.489 e. The highest BCUT2D eigenvalue weighted by molar-refractivity contribution is 6.06. The lowest BCUT2D eigenvalue weighted by molar-refractivity contribution is -0.171. The van der Waals surface area contributed by atoms with Crippen molar-refractivity contribution in [1.29, 1.82) is 0 Å². The van der Waals surface area contributed by atoms with Crippen molar-refractivity contribution in [3.8, 4) is 5.75 Å². The van der Waals surface area contributed by atoms with Crippen LogP contribution in [0.5, 0.6) is 5.75 Å². The predicted octanol–water partition coefficient (Wildman–Crippen LogP) is 3.84. The first kappa shape index (κ1) is 25.3. The molecule has 2 fully saturated rings. The number of nitrogens with zero attached hydrogens (tertiary/aromatic N) is 2. The number of amides is 1. The lowest BCUT2D eigenvalue weighted by Gasteiger charge is -2.39. The van der Waals surface area contributed by atoms with Crippen molar-refractivity contribution in [3.63, 3.8) is 0 Å². The first-order valence-electron chi connectivity index (χ1n) is 11.0. The maximum Gasteiger partial charge on any atom is 0.471 e. The van der Waals surface area contributed by atoms with Crippen LogP contribution in [0.4, 0.5) is 18.9 Å². The number of halogens is 3. The van der Waals surface area contributed by atoms with E-state index in [1.165, 1.54) is 12.1 Å². The van der Waals surface area contributed by atoms with Crippen molar-refractivity contribution in [2.24, 2.45) is 0 Å². The van der Waals surface area contributed by atoms with E-state index in [0.29, 0.717) is 17.2 Å². The van der Waals surface area contributed by atoms with E-state index in [0.717, 1.165) is 13.0 Å². The molecule has 2 saturated heterocycles. The summed E-state index contributed by atoms with van der Waals surface area (Å²) in [7, 11) is 1.95. The van der Waals surface area contributed by atoms with E-state index >= 15 is 0 Å². The number of benzene rings is 1. The van der Waals surface area contributed by atoms with Crippen molar-refractivity contribution in [2.75, 3.05) is 38.3 Å². The van der Waals surface area contributed by atoms with Crippen LogP contribution in [0.2, 0.25) is 0 Å². The molecule has 0 aliphatic carbocycles. The molecule has 33 heavy (non-hydrogen) atoms. The summed E-state index contributed by atoms with van der Waals surface area (Å²) in [6, 6.07) is 1.88. The van der Waals surface area contributed by atoms with Crippen molar-refractivity contribution < 1.29 is 37.3 Å². The molecule has 0 aromatic heterocycles. The van der Waals surface area contributed by atoms with Crippen LogP contribution in [0.25, 0.3) is 0 Å². The summed E-state index contributed by atoms with van der Waals surface area (Å²) in [4.78, 5) is 27.6. The average Bonchev–Trinajstić information content (AvgIpc) is 3.11. The summed E-state index contributed by atoms with van der Waals surface area (Å²) in [5, 5.41) is 9.91. The molecule has 0 saturated carbocycles. The van der Waals surface area contributed by atoms with Crippen LogP contribution < -0.4 is 9.64 Å². The van der Waals surface area contributed by atoms with Gasteiger partial charge in [0.25, 0.3) is 0 Å². The van der Waals surface area contributed by atoms with Crippen molar-refractivity contribution >= 4 is 17.6 Å². The predicted molar refractivity (Wildman–Crippen MR) is 116 cm³/mol. The molecule has 0 bridgehead atoms. The average molecular weight is 473 g/mol. The van der Waals surface area contributed by atoms with Gasteiger partial charge in [-0.2, -0.15) is 13.2 Å². The van der Waals surface area contributed by atoms with E-state index in [2.05, 4.69) is 4.90 Å². The number of rotatable bonds is 5. The summed E-state index contributed by atoms with van der Waals surface area (Å²) < 4.78 is 52.8. The zero-order valence-corrected chi connectivity index (χ0v) is 19.4. The fourth-order valence-corrected chi connectivity index (χ4v) is 4.52. The van der Waals surface area contributed by atoms with E-state index in [9.17, 15) is 27.9 Å². The lowest BCUT2D eigenvalue weighted by atomic mass is 9.82. The number of hydrogen-bond acceptors (Lipinski definition) is 5. The number of carboxylic acids is 1. The third kappa shape index (κ3) is 5.60. The molecule has 1 aromatic carbocycles. The number of alkyl halides is 3. The highest BCUT2D eigenvalue weighted by atomic mass is 19.4. The number of ether oxygens (including phenoxy) is 2. The van der Waals surface area contributed by atoms with Gasteiger partial charge in [0.2, 0.25) is 0 Å². The minimum Gasteiger partial charge on any atom is -0.489 e. The Bertz CT molecular complexity index is 891. The molecule has 1 aromatic rings. The lowest BCUT2D eigenvalue weighted by Crippen LogP contribution is -2.50. The topological polar surface area (TPSA) is 79.3 Å². The quantitative estimate of drug-likeness (QED) is 0.702. The second kappa shape index (κ2) is 9.50. The number of likely N-dealkylation sites (N-methyl/N-ethyl adjacent to an activating group) is 1. The second-order valence-electron chi connectivity index (χ2n) is 9.70. The molecule has 184 valence electrons. The molecule has 0 radical (unpaired) electrons. The molecule has 10 heteroatoms. The minimum absolute atomic E-state index is 0.170. The molecule has 3 rings (SSSR count). The van der Waals surface area contributed by atoms with E-state index in [-0.39, 0.29) is 49.0 Å². The van der Waals surface area contributed by atoms with Crippen LogP contribution in [-0.2, 0) is 14.9 Å². The summed E-state index contributed by atoms with van der Waals surface area (Å²) in [6.45, 7) is 7.14. The number of carbonyl (C=O) groups is 2.